The minimum absolute atomic E-state index is 0.160. The number of hydrogen-bond acceptors (Lipinski definition) is 6. The molecule has 5 aromatic rings. The fourth-order valence-corrected chi connectivity index (χ4v) is 4.67. The molecule has 0 spiro atoms. The molecule has 0 unspecified atom stereocenters. The lowest BCUT2D eigenvalue weighted by atomic mass is 10.0. The average molecular weight is 470 g/mol. The molecule has 2 heterocycles. The van der Waals surface area contributed by atoms with Crippen molar-refractivity contribution in [2.24, 2.45) is 0 Å². The van der Waals surface area contributed by atoms with Gasteiger partial charge >= 0.3 is 5.97 Å². The molecule has 2 aromatic heterocycles. The fourth-order valence-electron chi connectivity index (χ4n) is 3.78. The zero-order chi connectivity index (χ0) is 23.7. The molecule has 0 radical (unpaired) electrons. The Balaban J connectivity index is 1.36. The number of benzene rings is 3. The molecule has 0 atom stereocenters. The van der Waals surface area contributed by atoms with Crippen LogP contribution in [0.15, 0.2) is 83.0 Å². The van der Waals surface area contributed by atoms with Crippen LogP contribution in [0, 0.1) is 6.92 Å². The van der Waals surface area contributed by atoms with E-state index in [2.05, 4.69) is 10.3 Å². The minimum atomic E-state index is -0.627. The fraction of sp³-hybridized carbons (Fsp3) is 0.0769. The number of aryl methyl sites for hydroxylation is 1. The van der Waals surface area contributed by atoms with E-state index in [-0.39, 0.29) is 23.6 Å². The van der Waals surface area contributed by atoms with E-state index in [0.717, 1.165) is 16.5 Å². The average Bonchev–Trinajstić information content (AvgIpc) is 3.23. The van der Waals surface area contributed by atoms with Gasteiger partial charge in [-0.25, -0.2) is 9.78 Å². The van der Waals surface area contributed by atoms with Gasteiger partial charge in [-0.2, -0.15) is 0 Å². The highest BCUT2D eigenvalue weighted by Crippen LogP contribution is 2.22. The molecule has 168 valence electrons. The van der Waals surface area contributed by atoms with E-state index in [9.17, 15) is 14.4 Å². The van der Waals surface area contributed by atoms with Gasteiger partial charge in [0.15, 0.2) is 4.96 Å². The summed E-state index contributed by atoms with van der Waals surface area (Å²) in [6, 6.07) is 21.1. The van der Waals surface area contributed by atoms with Crippen LogP contribution in [0.1, 0.15) is 32.1 Å². The molecule has 0 bridgehead atoms. The molecular weight excluding hydrogens is 450 g/mol. The maximum absolute atomic E-state index is 13.0. The van der Waals surface area contributed by atoms with Gasteiger partial charge in [0.05, 0.1) is 16.9 Å². The van der Waals surface area contributed by atoms with Crippen molar-refractivity contribution >= 4 is 44.6 Å². The summed E-state index contributed by atoms with van der Waals surface area (Å²) in [6.45, 7) is 1.67. The van der Waals surface area contributed by atoms with Crippen LogP contribution in [0.4, 0.5) is 5.69 Å². The lowest BCUT2D eigenvalue weighted by molar-refractivity contribution is 0.0469. The Hall–Kier alpha value is -4.30. The highest BCUT2D eigenvalue weighted by atomic mass is 32.1. The summed E-state index contributed by atoms with van der Waals surface area (Å²) in [7, 11) is 0. The Morgan fingerprint density at radius 2 is 1.74 bits per heavy atom. The number of esters is 1. The van der Waals surface area contributed by atoms with Gasteiger partial charge in [0, 0.05) is 22.7 Å². The first kappa shape index (κ1) is 21.5. The number of rotatable bonds is 5. The van der Waals surface area contributed by atoms with Crippen LogP contribution in [0.2, 0.25) is 0 Å². The van der Waals surface area contributed by atoms with E-state index in [1.54, 1.807) is 30.3 Å². The maximum atomic E-state index is 13.0. The second kappa shape index (κ2) is 8.92. The van der Waals surface area contributed by atoms with Crippen molar-refractivity contribution in [3.63, 3.8) is 0 Å². The van der Waals surface area contributed by atoms with Crippen molar-refractivity contribution in [2.75, 3.05) is 5.32 Å². The summed E-state index contributed by atoms with van der Waals surface area (Å²) < 4.78 is 6.93. The SMILES string of the molecule is Cc1csc2nc(COC(=O)c3ccccc3NC(=O)c3cccc4ccccc34)cc(=O)n12. The van der Waals surface area contributed by atoms with Crippen LogP contribution in [-0.4, -0.2) is 21.3 Å². The van der Waals surface area contributed by atoms with Gasteiger partial charge in [0.1, 0.15) is 6.61 Å². The normalized spacial score (nSPS) is 11.0. The van der Waals surface area contributed by atoms with Gasteiger partial charge in [-0.3, -0.25) is 14.0 Å². The largest absolute Gasteiger partial charge is 0.456 e. The van der Waals surface area contributed by atoms with E-state index in [0.29, 0.717) is 21.9 Å². The number of nitrogens with zero attached hydrogens (tertiary/aromatic N) is 2. The van der Waals surface area contributed by atoms with E-state index >= 15 is 0 Å². The lowest BCUT2D eigenvalue weighted by Gasteiger charge is -2.12. The van der Waals surface area contributed by atoms with E-state index < -0.39 is 5.97 Å². The Morgan fingerprint density at radius 1 is 1.00 bits per heavy atom. The van der Waals surface area contributed by atoms with Crippen LogP contribution in [0.25, 0.3) is 15.7 Å². The second-order valence-electron chi connectivity index (χ2n) is 7.68. The van der Waals surface area contributed by atoms with Crippen molar-refractivity contribution in [3.05, 3.63) is 111 Å². The molecule has 8 heteroatoms. The number of thiazole rings is 1. The van der Waals surface area contributed by atoms with Crippen molar-refractivity contribution in [2.45, 2.75) is 13.5 Å². The number of anilines is 1. The van der Waals surface area contributed by atoms with Crippen molar-refractivity contribution in [1.82, 2.24) is 9.38 Å². The Morgan fingerprint density at radius 3 is 2.62 bits per heavy atom. The topological polar surface area (TPSA) is 89.8 Å². The number of amides is 1. The number of carbonyl (C=O) groups is 2. The molecule has 7 nitrogen and oxygen atoms in total. The third-order valence-electron chi connectivity index (χ3n) is 5.41. The second-order valence-corrected chi connectivity index (χ2v) is 8.52. The Bertz CT molecular complexity index is 1610. The molecule has 0 aliphatic rings. The van der Waals surface area contributed by atoms with Gasteiger partial charge in [-0.15, -0.1) is 11.3 Å². The molecule has 0 aliphatic heterocycles. The molecule has 0 aliphatic carbocycles. The quantitative estimate of drug-likeness (QED) is 0.373. The summed E-state index contributed by atoms with van der Waals surface area (Å²) in [6.07, 6.45) is 0. The molecule has 1 amide bonds. The molecule has 0 saturated heterocycles. The first-order valence-corrected chi connectivity index (χ1v) is 11.4. The summed E-state index contributed by atoms with van der Waals surface area (Å²) in [4.78, 5) is 43.2. The summed E-state index contributed by atoms with van der Waals surface area (Å²) >= 11 is 1.34. The van der Waals surface area contributed by atoms with E-state index in [1.807, 2.05) is 48.7 Å². The van der Waals surface area contributed by atoms with Gasteiger partial charge in [-0.1, -0.05) is 48.5 Å². The predicted molar refractivity (Wildman–Crippen MR) is 132 cm³/mol. The van der Waals surface area contributed by atoms with Gasteiger partial charge < -0.3 is 10.1 Å². The molecule has 1 N–H and O–H groups in total. The van der Waals surface area contributed by atoms with Gasteiger partial charge in [-0.05, 0) is 35.9 Å². The summed E-state index contributed by atoms with van der Waals surface area (Å²) in [5, 5.41) is 6.44. The number of hydrogen-bond donors (Lipinski definition) is 1. The van der Waals surface area contributed by atoms with Crippen LogP contribution in [-0.2, 0) is 11.3 Å². The maximum Gasteiger partial charge on any atom is 0.340 e. The van der Waals surface area contributed by atoms with Crippen molar-refractivity contribution in [1.29, 1.82) is 0 Å². The summed E-state index contributed by atoms with van der Waals surface area (Å²) in [5.74, 6) is -0.955. The molecule has 0 fully saturated rings. The standard InChI is InChI=1S/C26H19N3O4S/c1-16-15-34-26-27-18(13-23(30)29(16)26)14-33-25(32)21-10-4-5-12-22(21)28-24(31)20-11-6-8-17-7-2-3-9-19(17)20/h2-13,15H,14H2,1H3,(H,28,31). The zero-order valence-electron chi connectivity index (χ0n) is 18.1. The number of aromatic nitrogens is 2. The number of ether oxygens (including phenoxy) is 1. The number of fused-ring (bicyclic) bond motifs is 2. The highest BCUT2D eigenvalue weighted by Gasteiger charge is 2.17. The molecule has 3 aromatic carbocycles. The summed E-state index contributed by atoms with van der Waals surface area (Å²) in [5.41, 5.74) is 1.99. The monoisotopic (exact) mass is 469 g/mol. The smallest absolute Gasteiger partial charge is 0.340 e. The zero-order valence-corrected chi connectivity index (χ0v) is 19.0. The molecule has 5 rings (SSSR count). The Labute approximate surface area is 198 Å². The van der Waals surface area contributed by atoms with E-state index in [1.165, 1.54) is 21.8 Å². The predicted octanol–water partition coefficient (Wildman–Crippen LogP) is 4.83. The van der Waals surface area contributed by atoms with Crippen LogP contribution in [0.5, 0.6) is 0 Å². The number of para-hydroxylation sites is 1. The van der Waals surface area contributed by atoms with Crippen molar-refractivity contribution < 1.29 is 14.3 Å². The third-order valence-corrected chi connectivity index (χ3v) is 6.35. The third kappa shape index (κ3) is 4.06. The molecule has 34 heavy (non-hydrogen) atoms. The van der Waals surface area contributed by atoms with Gasteiger partial charge in [0.2, 0.25) is 0 Å². The highest BCUT2D eigenvalue weighted by molar-refractivity contribution is 7.15. The lowest BCUT2D eigenvalue weighted by Crippen LogP contribution is -2.18. The number of nitrogens with one attached hydrogen (secondary N) is 1. The van der Waals surface area contributed by atoms with E-state index in [4.69, 9.17) is 4.74 Å². The first-order valence-electron chi connectivity index (χ1n) is 10.5. The Kier molecular flexibility index (Phi) is 5.65. The van der Waals surface area contributed by atoms with Crippen LogP contribution >= 0.6 is 11.3 Å². The van der Waals surface area contributed by atoms with Crippen LogP contribution in [0.3, 0.4) is 0 Å². The van der Waals surface area contributed by atoms with Crippen LogP contribution < -0.4 is 10.9 Å². The van der Waals surface area contributed by atoms with Gasteiger partial charge in [0.25, 0.3) is 11.5 Å². The number of carbonyl (C=O) groups excluding carboxylic acids is 2. The first-order chi connectivity index (χ1) is 16.5. The molecule has 0 saturated carbocycles. The molecular formula is C26H19N3O4S. The minimum Gasteiger partial charge on any atom is -0.456 e. The van der Waals surface area contributed by atoms with Crippen molar-refractivity contribution in [3.8, 4) is 0 Å².